The summed E-state index contributed by atoms with van der Waals surface area (Å²) in [5, 5.41) is 0. The van der Waals surface area contributed by atoms with Crippen LogP contribution in [0.3, 0.4) is 0 Å². The molecule has 1 aromatic heterocycles. The van der Waals surface area contributed by atoms with Gasteiger partial charge in [-0.25, -0.2) is 0 Å². The van der Waals surface area contributed by atoms with Crippen molar-refractivity contribution in [2.24, 2.45) is 0 Å². The highest BCUT2D eigenvalue weighted by molar-refractivity contribution is 5.79. The minimum atomic E-state index is 0.217. The number of pyridine rings is 1. The lowest BCUT2D eigenvalue weighted by atomic mass is 10.0. The summed E-state index contributed by atoms with van der Waals surface area (Å²) in [5.41, 5.74) is 3.45. The van der Waals surface area contributed by atoms with E-state index >= 15 is 0 Å². The van der Waals surface area contributed by atoms with Crippen molar-refractivity contribution < 1.29 is 14.3 Å². The van der Waals surface area contributed by atoms with Gasteiger partial charge in [0.15, 0.2) is 5.78 Å². The number of nitrogens with zero attached hydrogens (tertiary/aromatic N) is 1. The monoisotopic (exact) mass is 369 g/mol. The van der Waals surface area contributed by atoms with Crippen molar-refractivity contribution >= 4 is 5.78 Å². The smallest absolute Gasteiger partial charge is 0.158 e. The average molecular weight is 370 g/mol. The van der Waals surface area contributed by atoms with Crippen molar-refractivity contribution in [2.45, 2.75) is 59.0 Å². The number of carbonyl (C=O) groups is 1. The molecule has 4 heteroatoms. The summed E-state index contributed by atoms with van der Waals surface area (Å²) in [6.07, 6.45) is 7.87. The number of carbonyl (C=O) groups excluding carboxylic acids is 1. The quantitative estimate of drug-likeness (QED) is 0.463. The molecule has 0 aliphatic carbocycles. The van der Waals surface area contributed by atoms with Crippen molar-refractivity contribution in [3.05, 3.63) is 59.4 Å². The normalized spacial score (nSPS) is 10.7. The largest absolute Gasteiger partial charge is 0.489 e. The standard InChI is InChI=1S/C23H31NO3/c1-3-26-18-22(25)11-7-5-4-6-9-20-12-14-23(15-13-20)27-17-21-10-8-16-24-19(21)2/h8,10,12-16H,3-7,9,11,17-18H2,1-2H3. The zero-order chi connectivity index (χ0) is 19.3. The molecule has 1 aromatic carbocycles. The maximum absolute atomic E-state index is 11.5. The van der Waals surface area contributed by atoms with E-state index in [2.05, 4.69) is 17.1 Å². The molecule has 0 unspecified atom stereocenters. The average Bonchev–Trinajstić information content (AvgIpc) is 2.69. The topological polar surface area (TPSA) is 48.4 Å². The third-order valence-electron chi connectivity index (χ3n) is 4.57. The summed E-state index contributed by atoms with van der Waals surface area (Å²) in [5.74, 6) is 1.10. The molecule has 0 aliphatic rings. The zero-order valence-corrected chi connectivity index (χ0v) is 16.6. The Kier molecular flexibility index (Phi) is 9.56. The molecule has 2 rings (SSSR count). The van der Waals surface area contributed by atoms with E-state index in [1.807, 2.05) is 38.1 Å². The van der Waals surface area contributed by atoms with Crippen LogP contribution in [0.5, 0.6) is 5.75 Å². The lowest BCUT2D eigenvalue weighted by Gasteiger charge is -2.09. The number of hydrogen-bond donors (Lipinski definition) is 0. The van der Waals surface area contributed by atoms with Gasteiger partial charge in [-0.05, 0) is 56.9 Å². The molecule has 0 fully saturated rings. The van der Waals surface area contributed by atoms with Gasteiger partial charge in [-0.1, -0.05) is 31.0 Å². The maximum atomic E-state index is 11.5. The van der Waals surface area contributed by atoms with E-state index in [0.29, 0.717) is 19.6 Å². The summed E-state index contributed by atoms with van der Waals surface area (Å²) in [6.45, 7) is 5.33. The van der Waals surface area contributed by atoms with Crippen LogP contribution in [0.4, 0.5) is 0 Å². The Labute approximate surface area is 162 Å². The van der Waals surface area contributed by atoms with Crippen LogP contribution in [0.2, 0.25) is 0 Å². The van der Waals surface area contributed by atoms with E-state index in [-0.39, 0.29) is 12.4 Å². The molecule has 0 radical (unpaired) electrons. The van der Waals surface area contributed by atoms with Gasteiger partial charge in [-0.15, -0.1) is 0 Å². The van der Waals surface area contributed by atoms with Crippen molar-refractivity contribution in [3.8, 4) is 5.75 Å². The van der Waals surface area contributed by atoms with Gasteiger partial charge in [0, 0.05) is 30.5 Å². The number of Topliss-reactive ketones (excluding diaryl/α,β-unsaturated/α-hetero) is 1. The molecule has 0 saturated carbocycles. The number of rotatable bonds is 13. The van der Waals surface area contributed by atoms with E-state index < -0.39 is 0 Å². The molecule has 0 bridgehead atoms. The van der Waals surface area contributed by atoms with E-state index in [4.69, 9.17) is 9.47 Å². The molecule has 1 heterocycles. The lowest BCUT2D eigenvalue weighted by Crippen LogP contribution is -2.07. The summed E-state index contributed by atoms with van der Waals surface area (Å²) in [4.78, 5) is 15.8. The van der Waals surface area contributed by atoms with Gasteiger partial charge >= 0.3 is 0 Å². The van der Waals surface area contributed by atoms with Crippen LogP contribution >= 0.6 is 0 Å². The van der Waals surface area contributed by atoms with E-state index in [1.165, 1.54) is 5.56 Å². The molecule has 0 atom stereocenters. The van der Waals surface area contributed by atoms with E-state index in [0.717, 1.165) is 49.1 Å². The molecule has 0 spiro atoms. The second-order valence-corrected chi connectivity index (χ2v) is 6.77. The van der Waals surface area contributed by atoms with Crippen LogP contribution in [0.25, 0.3) is 0 Å². The molecule has 2 aromatic rings. The Morgan fingerprint density at radius 2 is 1.81 bits per heavy atom. The highest BCUT2D eigenvalue weighted by atomic mass is 16.5. The Bertz CT molecular complexity index is 682. The van der Waals surface area contributed by atoms with Crippen LogP contribution in [0.1, 0.15) is 55.8 Å². The first-order valence-electron chi connectivity index (χ1n) is 9.90. The van der Waals surface area contributed by atoms with Crippen LogP contribution < -0.4 is 4.74 Å². The zero-order valence-electron chi connectivity index (χ0n) is 16.6. The summed E-state index contributed by atoms with van der Waals surface area (Å²) in [7, 11) is 0. The fourth-order valence-corrected chi connectivity index (χ4v) is 2.88. The molecule has 0 saturated heterocycles. The number of unbranched alkanes of at least 4 members (excludes halogenated alkanes) is 3. The number of benzene rings is 1. The summed E-state index contributed by atoms with van der Waals surface area (Å²) in [6, 6.07) is 12.3. The number of aromatic nitrogens is 1. The minimum absolute atomic E-state index is 0.217. The van der Waals surface area contributed by atoms with Gasteiger partial charge in [0.2, 0.25) is 0 Å². The van der Waals surface area contributed by atoms with Gasteiger partial charge in [-0.2, -0.15) is 0 Å². The molecular weight excluding hydrogens is 338 g/mol. The lowest BCUT2D eigenvalue weighted by molar-refractivity contribution is -0.123. The highest BCUT2D eigenvalue weighted by Crippen LogP contribution is 2.17. The van der Waals surface area contributed by atoms with Gasteiger partial charge in [-0.3, -0.25) is 9.78 Å². The van der Waals surface area contributed by atoms with Crippen LogP contribution in [0, 0.1) is 6.92 Å². The third kappa shape index (κ3) is 8.35. The van der Waals surface area contributed by atoms with Gasteiger partial charge in [0.1, 0.15) is 19.0 Å². The molecule has 0 aliphatic heterocycles. The predicted octanol–water partition coefficient (Wildman–Crippen LogP) is 5.07. The predicted molar refractivity (Wildman–Crippen MR) is 108 cm³/mol. The molecule has 0 N–H and O–H groups in total. The fraction of sp³-hybridized carbons (Fsp3) is 0.478. The van der Waals surface area contributed by atoms with E-state index in [9.17, 15) is 4.79 Å². The number of ketones is 1. The number of aryl methyl sites for hydroxylation is 2. The van der Waals surface area contributed by atoms with Gasteiger partial charge < -0.3 is 9.47 Å². The first kappa shape index (κ1) is 21.1. The van der Waals surface area contributed by atoms with Crippen molar-refractivity contribution in [1.82, 2.24) is 4.98 Å². The summed E-state index contributed by atoms with van der Waals surface area (Å²) < 4.78 is 11.0. The minimum Gasteiger partial charge on any atom is -0.489 e. The molecule has 146 valence electrons. The molecule has 27 heavy (non-hydrogen) atoms. The summed E-state index contributed by atoms with van der Waals surface area (Å²) >= 11 is 0. The Balaban J connectivity index is 1.60. The first-order valence-corrected chi connectivity index (χ1v) is 9.90. The van der Waals surface area contributed by atoms with Crippen molar-refractivity contribution in [2.75, 3.05) is 13.2 Å². The Morgan fingerprint density at radius 1 is 1.04 bits per heavy atom. The van der Waals surface area contributed by atoms with E-state index in [1.54, 1.807) is 6.20 Å². The van der Waals surface area contributed by atoms with Crippen LogP contribution in [0.15, 0.2) is 42.6 Å². The fourth-order valence-electron chi connectivity index (χ4n) is 2.88. The molecule has 4 nitrogen and oxygen atoms in total. The highest BCUT2D eigenvalue weighted by Gasteiger charge is 2.02. The van der Waals surface area contributed by atoms with Crippen molar-refractivity contribution in [1.29, 1.82) is 0 Å². The SMILES string of the molecule is CCOCC(=O)CCCCCCc1ccc(OCc2cccnc2C)cc1. The van der Waals surface area contributed by atoms with Crippen LogP contribution in [-0.2, 0) is 22.6 Å². The number of ether oxygens (including phenoxy) is 2. The second kappa shape index (κ2) is 12.2. The van der Waals surface area contributed by atoms with Gasteiger partial charge in [0.05, 0.1) is 0 Å². The number of hydrogen-bond acceptors (Lipinski definition) is 4. The maximum Gasteiger partial charge on any atom is 0.158 e. The van der Waals surface area contributed by atoms with Crippen LogP contribution in [-0.4, -0.2) is 24.0 Å². The molecule has 0 amide bonds. The third-order valence-corrected chi connectivity index (χ3v) is 4.57. The Morgan fingerprint density at radius 3 is 2.56 bits per heavy atom. The van der Waals surface area contributed by atoms with Crippen molar-refractivity contribution in [3.63, 3.8) is 0 Å². The second-order valence-electron chi connectivity index (χ2n) is 6.77. The first-order chi connectivity index (χ1) is 13.2. The molecular formula is C23H31NO3. The van der Waals surface area contributed by atoms with Gasteiger partial charge in [0.25, 0.3) is 0 Å². The Hall–Kier alpha value is -2.20.